The second-order valence-corrected chi connectivity index (χ2v) is 6.92. The van der Waals surface area contributed by atoms with Crippen LogP contribution in [0.2, 0.25) is 5.15 Å². The summed E-state index contributed by atoms with van der Waals surface area (Å²) in [5.41, 5.74) is 4.30. The Hall–Kier alpha value is -3.14. The number of rotatable bonds is 5. The summed E-state index contributed by atoms with van der Waals surface area (Å²) in [7, 11) is 0. The molecule has 4 rings (SSSR count). The molecule has 0 aliphatic carbocycles. The van der Waals surface area contributed by atoms with E-state index in [4.69, 9.17) is 16.7 Å². The Morgan fingerprint density at radius 1 is 1.07 bits per heavy atom. The largest absolute Gasteiger partial charge is 0.370 e. The SMILES string of the molecule is N#Cc1c(Cl)nsc1NCc1cn(-c2ccccc2)nc1-c1ccccc1. The van der Waals surface area contributed by atoms with Gasteiger partial charge in [0.2, 0.25) is 0 Å². The van der Waals surface area contributed by atoms with Crippen molar-refractivity contribution in [1.82, 2.24) is 14.2 Å². The molecule has 0 unspecified atom stereocenters. The molecule has 0 amide bonds. The molecule has 0 aliphatic heterocycles. The van der Waals surface area contributed by atoms with Crippen molar-refractivity contribution in [3.8, 4) is 23.0 Å². The van der Waals surface area contributed by atoms with Gasteiger partial charge in [-0.1, -0.05) is 60.1 Å². The molecule has 1 N–H and O–H groups in total. The Balaban J connectivity index is 1.70. The Bertz CT molecular complexity index is 1100. The van der Waals surface area contributed by atoms with Gasteiger partial charge in [-0.2, -0.15) is 14.7 Å². The molecule has 0 saturated carbocycles. The van der Waals surface area contributed by atoms with Gasteiger partial charge in [-0.15, -0.1) is 0 Å². The number of hydrogen-bond donors (Lipinski definition) is 1. The van der Waals surface area contributed by atoms with Gasteiger partial charge in [-0.3, -0.25) is 0 Å². The number of nitrogens with zero attached hydrogens (tertiary/aromatic N) is 4. The molecule has 0 bridgehead atoms. The lowest BCUT2D eigenvalue weighted by molar-refractivity contribution is 0.883. The fourth-order valence-corrected chi connectivity index (χ4v) is 3.68. The topological polar surface area (TPSA) is 66.5 Å². The maximum Gasteiger partial charge on any atom is 0.162 e. The summed E-state index contributed by atoms with van der Waals surface area (Å²) in [5, 5.41) is 18.2. The quantitative estimate of drug-likeness (QED) is 0.512. The molecule has 2 heterocycles. The van der Waals surface area contributed by atoms with Crippen molar-refractivity contribution in [3.63, 3.8) is 0 Å². The van der Waals surface area contributed by atoms with Gasteiger partial charge in [0.05, 0.1) is 11.4 Å². The molecule has 2 aromatic carbocycles. The van der Waals surface area contributed by atoms with Crippen molar-refractivity contribution in [2.24, 2.45) is 0 Å². The van der Waals surface area contributed by atoms with Crippen molar-refractivity contribution >= 4 is 28.1 Å². The molecule has 0 spiro atoms. The van der Waals surface area contributed by atoms with Crippen LogP contribution in [-0.2, 0) is 6.54 Å². The number of anilines is 1. The van der Waals surface area contributed by atoms with Gasteiger partial charge < -0.3 is 5.32 Å². The third kappa shape index (κ3) is 3.56. The van der Waals surface area contributed by atoms with E-state index in [9.17, 15) is 5.26 Å². The Morgan fingerprint density at radius 2 is 1.78 bits per heavy atom. The number of halogens is 1. The zero-order valence-corrected chi connectivity index (χ0v) is 15.7. The molecular weight excluding hydrogens is 378 g/mol. The third-order valence-electron chi connectivity index (χ3n) is 4.06. The molecule has 2 aromatic heterocycles. The summed E-state index contributed by atoms with van der Waals surface area (Å²) >= 11 is 7.14. The van der Waals surface area contributed by atoms with Gasteiger partial charge in [0.1, 0.15) is 16.6 Å². The van der Waals surface area contributed by atoms with Crippen LogP contribution in [0.5, 0.6) is 0 Å². The van der Waals surface area contributed by atoms with E-state index < -0.39 is 0 Å². The van der Waals surface area contributed by atoms with E-state index in [2.05, 4.69) is 15.8 Å². The number of aromatic nitrogens is 3. The molecule has 0 radical (unpaired) electrons. The van der Waals surface area contributed by atoms with Crippen LogP contribution in [0, 0.1) is 11.3 Å². The summed E-state index contributed by atoms with van der Waals surface area (Å²) in [6, 6.07) is 22.1. The smallest absolute Gasteiger partial charge is 0.162 e. The highest BCUT2D eigenvalue weighted by molar-refractivity contribution is 7.10. The lowest BCUT2D eigenvalue weighted by Gasteiger charge is -2.04. The van der Waals surface area contributed by atoms with E-state index in [0.717, 1.165) is 22.5 Å². The molecule has 4 aromatic rings. The highest BCUT2D eigenvalue weighted by Crippen LogP contribution is 2.29. The average molecular weight is 392 g/mol. The van der Waals surface area contributed by atoms with E-state index in [-0.39, 0.29) is 5.15 Å². The molecule has 0 saturated heterocycles. The Labute approximate surface area is 165 Å². The number of hydrogen-bond acceptors (Lipinski definition) is 5. The van der Waals surface area contributed by atoms with E-state index >= 15 is 0 Å². The first-order chi connectivity index (χ1) is 13.3. The number of para-hydroxylation sites is 1. The van der Waals surface area contributed by atoms with Crippen LogP contribution in [0.15, 0.2) is 66.9 Å². The van der Waals surface area contributed by atoms with Crippen LogP contribution < -0.4 is 5.32 Å². The maximum atomic E-state index is 9.25. The van der Waals surface area contributed by atoms with Crippen LogP contribution in [0.4, 0.5) is 5.00 Å². The minimum absolute atomic E-state index is 0.230. The summed E-state index contributed by atoms with van der Waals surface area (Å²) in [4.78, 5) is 0. The first-order valence-electron chi connectivity index (χ1n) is 8.25. The van der Waals surface area contributed by atoms with Crippen LogP contribution >= 0.6 is 23.1 Å². The fraction of sp³-hybridized carbons (Fsp3) is 0.0500. The maximum absolute atomic E-state index is 9.25. The van der Waals surface area contributed by atoms with Crippen molar-refractivity contribution < 1.29 is 0 Å². The molecule has 0 aliphatic rings. The van der Waals surface area contributed by atoms with Gasteiger partial charge in [-0.05, 0) is 23.7 Å². The predicted octanol–water partition coefficient (Wildman–Crippen LogP) is 5.13. The van der Waals surface area contributed by atoms with Crippen LogP contribution in [0.1, 0.15) is 11.1 Å². The third-order valence-corrected chi connectivity index (χ3v) is 5.24. The van der Waals surface area contributed by atoms with Crippen molar-refractivity contribution in [1.29, 1.82) is 5.26 Å². The lowest BCUT2D eigenvalue weighted by Crippen LogP contribution is -1.99. The van der Waals surface area contributed by atoms with E-state index in [0.29, 0.717) is 17.1 Å². The zero-order valence-electron chi connectivity index (χ0n) is 14.1. The normalized spacial score (nSPS) is 10.5. The molecule has 0 fully saturated rings. The Kier molecular flexibility index (Phi) is 4.88. The van der Waals surface area contributed by atoms with Crippen molar-refractivity contribution in [3.05, 3.63) is 83.1 Å². The number of benzene rings is 2. The van der Waals surface area contributed by atoms with E-state index in [1.54, 1.807) is 0 Å². The highest BCUT2D eigenvalue weighted by Gasteiger charge is 2.15. The molecule has 7 heteroatoms. The summed E-state index contributed by atoms with van der Waals surface area (Å²) < 4.78 is 5.90. The van der Waals surface area contributed by atoms with Gasteiger partial charge in [0, 0.05) is 23.9 Å². The molecule has 0 atom stereocenters. The minimum Gasteiger partial charge on any atom is -0.370 e. The van der Waals surface area contributed by atoms with E-state index in [1.165, 1.54) is 11.5 Å². The number of nitrogens with one attached hydrogen (secondary N) is 1. The van der Waals surface area contributed by atoms with E-state index in [1.807, 2.05) is 71.5 Å². The lowest BCUT2D eigenvalue weighted by atomic mass is 10.1. The van der Waals surface area contributed by atoms with Crippen LogP contribution in [0.3, 0.4) is 0 Å². The molecule has 5 nitrogen and oxygen atoms in total. The van der Waals surface area contributed by atoms with Gasteiger partial charge >= 0.3 is 0 Å². The first kappa shape index (κ1) is 17.3. The monoisotopic (exact) mass is 391 g/mol. The minimum atomic E-state index is 0.230. The van der Waals surface area contributed by atoms with Gasteiger partial charge in [0.25, 0.3) is 0 Å². The van der Waals surface area contributed by atoms with Gasteiger partial charge in [0.15, 0.2) is 5.15 Å². The second-order valence-electron chi connectivity index (χ2n) is 5.79. The summed E-state index contributed by atoms with van der Waals surface area (Å²) in [6.45, 7) is 0.504. The zero-order chi connectivity index (χ0) is 18.6. The average Bonchev–Trinajstić information content (AvgIpc) is 3.31. The summed E-state index contributed by atoms with van der Waals surface area (Å²) in [6.07, 6.45) is 2.00. The van der Waals surface area contributed by atoms with Crippen LogP contribution in [0.25, 0.3) is 16.9 Å². The van der Waals surface area contributed by atoms with Gasteiger partial charge in [-0.25, -0.2) is 4.68 Å². The standard InChI is InChI=1S/C20H14ClN5S/c21-19-17(11-22)20(27-25-19)23-12-15-13-26(16-9-5-2-6-10-16)24-18(15)14-7-3-1-4-8-14/h1-10,13,23H,12H2. The molecular formula is C20H14ClN5S. The van der Waals surface area contributed by atoms with Crippen molar-refractivity contribution in [2.75, 3.05) is 5.32 Å². The predicted molar refractivity (Wildman–Crippen MR) is 108 cm³/mol. The highest BCUT2D eigenvalue weighted by atomic mass is 35.5. The molecule has 27 heavy (non-hydrogen) atoms. The number of nitriles is 1. The first-order valence-corrected chi connectivity index (χ1v) is 9.40. The Morgan fingerprint density at radius 3 is 2.48 bits per heavy atom. The van der Waals surface area contributed by atoms with Crippen molar-refractivity contribution in [2.45, 2.75) is 6.54 Å². The van der Waals surface area contributed by atoms with Crippen LogP contribution in [-0.4, -0.2) is 14.2 Å². The summed E-state index contributed by atoms with van der Waals surface area (Å²) in [5.74, 6) is 0. The molecule has 132 valence electrons. The second kappa shape index (κ2) is 7.62. The fourth-order valence-electron chi connectivity index (χ4n) is 2.75.